The Bertz CT molecular complexity index is 1160. The molecule has 0 unspecified atom stereocenters. The molecule has 0 radical (unpaired) electrons. The van der Waals surface area contributed by atoms with Gasteiger partial charge in [0.15, 0.2) is 5.69 Å². The first-order valence-corrected chi connectivity index (χ1v) is 11.4. The minimum Gasteiger partial charge on any atom is -0.508 e. The van der Waals surface area contributed by atoms with Gasteiger partial charge in [-0.1, -0.05) is 36.8 Å². The number of hydrogen-bond donors (Lipinski definition) is 2. The predicted molar refractivity (Wildman–Crippen MR) is 121 cm³/mol. The highest BCUT2D eigenvalue weighted by Crippen LogP contribution is 2.43. The molecule has 2 aliphatic rings. The number of nitro benzene ring substituents is 1. The van der Waals surface area contributed by atoms with Crippen molar-refractivity contribution >= 4 is 5.69 Å². The number of nitrogens with one attached hydrogen (secondary N) is 1. The van der Waals surface area contributed by atoms with E-state index in [0.717, 1.165) is 36.3 Å². The van der Waals surface area contributed by atoms with Crippen LogP contribution in [0.1, 0.15) is 69.0 Å². The van der Waals surface area contributed by atoms with Gasteiger partial charge < -0.3 is 5.11 Å². The van der Waals surface area contributed by atoms with E-state index in [9.17, 15) is 15.2 Å². The quantitative estimate of drug-likeness (QED) is 0.351. The molecule has 3 aromatic rings. The molecule has 2 aromatic carbocycles. The Labute approximate surface area is 187 Å². The Balaban J connectivity index is 1.77. The molecule has 1 fully saturated rings. The number of rotatable bonds is 4. The number of nitro groups is 1. The highest BCUT2D eigenvalue weighted by Gasteiger charge is 2.47. The molecule has 0 bridgehead atoms. The number of fused-ring (bicyclic) bond motifs is 3. The van der Waals surface area contributed by atoms with E-state index in [-0.39, 0.29) is 29.6 Å². The normalized spacial score (nSPS) is 22.4. The Morgan fingerprint density at radius 3 is 2.62 bits per heavy atom. The van der Waals surface area contributed by atoms with E-state index >= 15 is 0 Å². The maximum Gasteiger partial charge on any atom is 0.279 e. The smallest absolute Gasteiger partial charge is 0.279 e. The molecule has 32 heavy (non-hydrogen) atoms. The van der Waals surface area contributed by atoms with Gasteiger partial charge in [-0.2, -0.15) is 0 Å². The number of phenols is 1. The van der Waals surface area contributed by atoms with E-state index in [1.165, 1.54) is 24.6 Å². The Morgan fingerprint density at radius 1 is 1.16 bits per heavy atom. The summed E-state index contributed by atoms with van der Waals surface area (Å²) >= 11 is 0. The second-order valence-corrected chi connectivity index (χ2v) is 9.17. The minimum absolute atomic E-state index is 0.0112. The molecule has 5 rings (SSSR count). The molecule has 1 aromatic heterocycles. The molecular formula is C25H29N4O3+. The van der Waals surface area contributed by atoms with E-state index < -0.39 is 4.92 Å². The van der Waals surface area contributed by atoms with Crippen LogP contribution in [0.25, 0.3) is 11.3 Å². The second kappa shape index (κ2) is 8.06. The average Bonchev–Trinajstić information content (AvgIpc) is 3.21. The molecule has 0 spiro atoms. The highest BCUT2D eigenvalue weighted by molar-refractivity contribution is 5.59. The van der Waals surface area contributed by atoms with Gasteiger partial charge in [0, 0.05) is 29.3 Å². The molecule has 3 atom stereocenters. The van der Waals surface area contributed by atoms with Crippen molar-refractivity contribution in [3.05, 3.63) is 76.2 Å². The summed E-state index contributed by atoms with van der Waals surface area (Å²) < 4.78 is 4.70. The number of non-ortho nitro benzene ring substituents is 1. The maximum absolute atomic E-state index is 11.5. The second-order valence-electron chi connectivity index (χ2n) is 9.17. The number of aromatic hydroxyl groups is 1. The fourth-order valence-electron chi connectivity index (χ4n) is 5.40. The zero-order valence-corrected chi connectivity index (χ0v) is 18.4. The van der Waals surface area contributed by atoms with Crippen molar-refractivity contribution in [1.29, 1.82) is 0 Å². The van der Waals surface area contributed by atoms with Crippen LogP contribution in [0.3, 0.4) is 0 Å². The van der Waals surface area contributed by atoms with E-state index in [1.54, 1.807) is 0 Å². The molecule has 0 saturated heterocycles. The summed E-state index contributed by atoms with van der Waals surface area (Å²) in [4.78, 5) is 11.1. The SMILES string of the molecule is CC(C)[n+]1cc(-c2ccccc2)n2c1[C@H](c1cc([N+](=O)[O-])ccc1O)N[C@@H]1CCCC[C@H]12. The lowest BCUT2D eigenvalue weighted by atomic mass is 9.86. The third kappa shape index (κ3) is 3.37. The van der Waals surface area contributed by atoms with Crippen molar-refractivity contribution in [3.8, 4) is 17.0 Å². The van der Waals surface area contributed by atoms with E-state index in [1.807, 2.05) is 6.07 Å². The minimum atomic E-state index is -0.403. The van der Waals surface area contributed by atoms with Gasteiger partial charge in [-0.15, -0.1) is 0 Å². The van der Waals surface area contributed by atoms with Crippen LogP contribution in [0.4, 0.5) is 5.69 Å². The zero-order chi connectivity index (χ0) is 22.4. The maximum atomic E-state index is 11.5. The number of nitrogens with zero attached hydrogens (tertiary/aromatic N) is 3. The van der Waals surface area contributed by atoms with Crippen LogP contribution in [0.2, 0.25) is 0 Å². The summed E-state index contributed by atoms with van der Waals surface area (Å²) in [5, 5.41) is 26.0. The third-order valence-corrected chi connectivity index (χ3v) is 6.89. The predicted octanol–water partition coefficient (Wildman–Crippen LogP) is 4.81. The van der Waals surface area contributed by atoms with Gasteiger partial charge in [-0.25, -0.2) is 9.13 Å². The lowest BCUT2D eigenvalue weighted by Gasteiger charge is -2.38. The summed E-state index contributed by atoms with van der Waals surface area (Å²) in [5.74, 6) is 1.12. The molecular weight excluding hydrogens is 404 g/mol. The van der Waals surface area contributed by atoms with Crippen molar-refractivity contribution in [2.24, 2.45) is 0 Å². The summed E-state index contributed by atoms with van der Waals surface area (Å²) in [6.07, 6.45) is 6.68. The molecule has 2 N–H and O–H groups in total. The number of imidazole rings is 1. The molecule has 7 heteroatoms. The largest absolute Gasteiger partial charge is 0.508 e. The fraction of sp³-hybridized carbons (Fsp3) is 0.400. The Kier molecular flexibility index (Phi) is 5.21. The van der Waals surface area contributed by atoms with Gasteiger partial charge in [-0.05, 0) is 39.2 Å². The van der Waals surface area contributed by atoms with E-state index in [4.69, 9.17) is 0 Å². The van der Waals surface area contributed by atoms with Crippen LogP contribution in [-0.4, -0.2) is 20.6 Å². The molecule has 0 amide bonds. The molecule has 7 nitrogen and oxygen atoms in total. The first-order chi connectivity index (χ1) is 15.5. The molecule has 166 valence electrons. The van der Waals surface area contributed by atoms with Crippen LogP contribution < -0.4 is 9.88 Å². The zero-order valence-electron chi connectivity index (χ0n) is 18.4. The summed E-state index contributed by atoms with van der Waals surface area (Å²) in [6.45, 7) is 4.29. The van der Waals surface area contributed by atoms with Gasteiger partial charge in [0.1, 0.15) is 24.0 Å². The van der Waals surface area contributed by atoms with Crippen LogP contribution in [0.15, 0.2) is 54.7 Å². The number of phenolic OH excluding ortho intramolecular Hbond substituents is 1. The monoisotopic (exact) mass is 433 g/mol. The number of aromatic nitrogens is 2. The summed E-state index contributed by atoms with van der Waals surface area (Å²) in [6, 6.07) is 15.1. The Morgan fingerprint density at radius 2 is 1.91 bits per heavy atom. The van der Waals surface area contributed by atoms with E-state index in [2.05, 4.69) is 58.8 Å². The van der Waals surface area contributed by atoms with Crippen molar-refractivity contribution in [2.75, 3.05) is 0 Å². The van der Waals surface area contributed by atoms with Crippen LogP contribution in [0.5, 0.6) is 5.75 Å². The lowest BCUT2D eigenvalue weighted by Crippen LogP contribution is -2.53. The number of benzene rings is 2. The molecule has 2 heterocycles. The summed E-state index contributed by atoms with van der Waals surface area (Å²) in [5.41, 5.74) is 2.85. The first-order valence-electron chi connectivity index (χ1n) is 11.4. The molecule has 1 aliphatic heterocycles. The molecule has 1 saturated carbocycles. The topological polar surface area (TPSA) is 84.2 Å². The lowest BCUT2D eigenvalue weighted by molar-refractivity contribution is -0.724. The Hall–Kier alpha value is -3.19. The van der Waals surface area contributed by atoms with Crippen molar-refractivity contribution in [3.63, 3.8) is 0 Å². The van der Waals surface area contributed by atoms with Crippen molar-refractivity contribution in [1.82, 2.24) is 9.88 Å². The van der Waals surface area contributed by atoms with Gasteiger partial charge >= 0.3 is 0 Å². The van der Waals surface area contributed by atoms with Gasteiger partial charge in [0.25, 0.3) is 11.5 Å². The fourth-order valence-corrected chi connectivity index (χ4v) is 5.40. The van der Waals surface area contributed by atoms with Crippen molar-refractivity contribution < 1.29 is 14.6 Å². The first kappa shape index (κ1) is 20.7. The third-order valence-electron chi connectivity index (χ3n) is 6.89. The summed E-state index contributed by atoms with van der Waals surface area (Å²) in [7, 11) is 0. The van der Waals surface area contributed by atoms with Crippen LogP contribution >= 0.6 is 0 Å². The van der Waals surface area contributed by atoms with Gasteiger partial charge in [0.2, 0.25) is 0 Å². The number of hydrogen-bond acceptors (Lipinski definition) is 4. The van der Waals surface area contributed by atoms with Crippen LogP contribution in [0, 0.1) is 10.1 Å². The van der Waals surface area contributed by atoms with Gasteiger partial charge in [-0.3, -0.25) is 15.4 Å². The van der Waals surface area contributed by atoms with E-state index in [0.29, 0.717) is 11.6 Å². The standard InChI is InChI=1S/C25H28N4O3/c1-16(2)27-15-22(17-8-4-3-5-9-17)28-21-11-7-6-10-20(21)26-24(25(27)28)19-14-18(29(31)32)12-13-23(19)30/h3-5,8-9,12-16,20-21,24,26H,6-7,10-11H2,1-2H3/p+1/t20-,21-,24+/m1/s1. The van der Waals surface area contributed by atoms with Gasteiger partial charge in [0.05, 0.1) is 11.0 Å². The highest BCUT2D eigenvalue weighted by atomic mass is 16.6. The van der Waals surface area contributed by atoms with Crippen LogP contribution in [-0.2, 0) is 0 Å². The molecule has 1 aliphatic carbocycles. The average molecular weight is 434 g/mol. The van der Waals surface area contributed by atoms with Crippen molar-refractivity contribution in [2.45, 2.75) is 63.7 Å².